The Morgan fingerprint density at radius 3 is 2.71 bits per heavy atom. The SMILES string of the molecule is CC(C)(C)OC(=O)N1CC=C(c2cnc(Cn3ccc4cc(N)cc(F)c43)cn2)CC1. The number of anilines is 1. The summed E-state index contributed by atoms with van der Waals surface area (Å²) in [5, 5.41) is 0.754. The van der Waals surface area contributed by atoms with Crippen LogP contribution >= 0.6 is 0 Å². The highest BCUT2D eigenvalue weighted by molar-refractivity contribution is 5.84. The molecule has 8 heteroatoms. The number of halogens is 1. The van der Waals surface area contributed by atoms with E-state index in [0.29, 0.717) is 37.3 Å². The summed E-state index contributed by atoms with van der Waals surface area (Å²) in [7, 11) is 0. The lowest BCUT2D eigenvalue weighted by atomic mass is 10.1. The number of carbonyl (C=O) groups is 1. The highest BCUT2D eigenvalue weighted by Gasteiger charge is 2.24. The van der Waals surface area contributed by atoms with E-state index in [1.54, 1.807) is 27.9 Å². The highest BCUT2D eigenvalue weighted by Crippen LogP contribution is 2.24. The van der Waals surface area contributed by atoms with E-state index >= 15 is 0 Å². The Balaban J connectivity index is 1.44. The summed E-state index contributed by atoms with van der Waals surface area (Å²) in [6.45, 7) is 7.02. The van der Waals surface area contributed by atoms with Gasteiger partial charge in [-0.15, -0.1) is 0 Å². The maximum absolute atomic E-state index is 14.3. The van der Waals surface area contributed by atoms with Crippen molar-refractivity contribution < 1.29 is 13.9 Å². The molecule has 1 aliphatic heterocycles. The second-order valence-electron chi connectivity index (χ2n) is 8.68. The van der Waals surface area contributed by atoms with Crippen LogP contribution in [0.3, 0.4) is 0 Å². The van der Waals surface area contributed by atoms with Gasteiger partial charge >= 0.3 is 6.09 Å². The van der Waals surface area contributed by atoms with Gasteiger partial charge in [0.15, 0.2) is 0 Å². The van der Waals surface area contributed by atoms with Crippen LogP contribution in [0.1, 0.15) is 38.6 Å². The second kappa shape index (κ2) is 8.02. The van der Waals surface area contributed by atoms with Gasteiger partial charge in [-0.3, -0.25) is 9.97 Å². The quantitative estimate of drug-likeness (QED) is 0.637. The van der Waals surface area contributed by atoms with Gasteiger partial charge in [0.05, 0.1) is 35.8 Å². The zero-order valence-electron chi connectivity index (χ0n) is 17.9. The standard InChI is InChI=1S/C23H26FN5O2/c1-23(2,3)31-22(30)28-7-4-15(5-8-28)20-13-26-18(12-27-20)14-29-9-6-16-10-17(25)11-19(24)21(16)29/h4,6,9-13H,5,7-8,14,25H2,1-3H3. The van der Waals surface area contributed by atoms with Gasteiger partial charge in [0.25, 0.3) is 0 Å². The van der Waals surface area contributed by atoms with Crippen molar-refractivity contribution in [3.05, 3.63) is 60.1 Å². The number of nitrogens with two attached hydrogens (primary N) is 1. The first-order valence-corrected chi connectivity index (χ1v) is 10.2. The molecule has 0 fully saturated rings. The number of nitrogen functional groups attached to an aromatic ring is 1. The van der Waals surface area contributed by atoms with Crippen molar-refractivity contribution in [2.45, 2.75) is 39.3 Å². The fourth-order valence-electron chi connectivity index (χ4n) is 3.62. The number of rotatable bonds is 3. The van der Waals surface area contributed by atoms with E-state index in [9.17, 15) is 9.18 Å². The summed E-state index contributed by atoms with van der Waals surface area (Å²) in [4.78, 5) is 22.9. The molecular weight excluding hydrogens is 397 g/mol. The van der Waals surface area contributed by atoms with Crippen molar-refractivity contribution >= 4 is 28.3 Å². The first-order valence-electron chi connectivity index (χ1n) is 10.2. The third kappa shape index (κ3) is 4.68. The van der Waals surface area contributed by atoms with E-state index in [0.717, 1.165) is 22.3 Å². The summed E-state index contributed by atoms with van der Waals surface area (Å²) in [6.07, 6.45) is 7.61. The van der Waals surface area contributed by atoms with E-state index in [4.69, 9.17) is 10.5 Å². The molecule has 0 aliphatic carbocycles. The minimum atomic E-state index is -0.511. The van der Waals surface area contributed by atoms with E-state index < -0.39 is 5.60 Å². The van der Waals surface area contributed by atoms with Crippen LogP contribution in [0.25, 0.3) is 16.5 Å². The summed E-state index contributed by atoms with van der Waals surface area (Å²) < 4.78 is 21.6. The summed E-state index contributed by atoms with van der Waals surface area (Å²) >= 11 is 0. The molecule has 162 valence electrons. The monoisotopic (exact) mass is 423 g/mol. The molecule has 0 saturated heterocycles. The molecule has 2 aromatic heterocycles. The van der Waals surface area contributed by atoms with Crippen LogP contribution in [-0.2, 0) is 11.3 Å². The Bertz CT molecular complexity index is 1150. The Morgan fingerprint density at radius 2 is 2.06 bits per heavy atom. The van der Waals surface area contributed by atoms with E-state index in [2.05, 4.69) is 9.97 Å². The van der Waals surface area contributed by atoms with Crippen LogP contribution in [0.2, 0.25) is 0 Å². The van der Waals surface area contributed by atoms with Crippen molar-refractivity contribution in [2.24, 2.45) is 0 Å². The highest BCUT2D eigenvalue weighted by atomic mass is 19.1. The number of hydrogen-bond acceptors (Lipinski definition) is 5. The average Bonchev–Trinajstić information content (AvgIpc) is 3.10. The van der Waals surface area contributed by atoms with Crippen molar-refractivity contribution in [3.8, 4) is 0 Å². The first-order chi connectivity index (χ1) is 14.7. The molecule has 3 heterocycles. The second-order valence-corrected chi connectivity index (χ2v) is 8.68. The number of nitrogens with zero attached hydrogens (tertiary/aromatic N) is 4. The number of hydrogen-bond donors (Lipinski definition) is 1. The third-order valence-electron chi connectivity index (χ3n) is 5.06. The number of amides is 1. The number of ether oxygens (including phenoxy) is 1. The molecule has 0 spiro atoms. The lowest BCUT2D eigenvalue weighted by Crippen LogP contribution is -2.39. The van der Waals surface area contributed by atoms with E-state index in [-0.39, 0.29) is 11.9 Å². The molecule has 3 aromatic rings. The lowest BCUT2D eigenvalue weighted by Gasteiger charge is -2.29. The minimum Gasteiger partial charge on any atom is -0.444 e. The van der Waals surface area contributed by atoms with Crippen LogP contribution in [0.15, 0.2) is 42.9 Å². The average molecular weight is 423 g/mol. The largest absolute Gasteiger partial charge is 0.444 e. The number of benzene rings is 1. The lowest BCUT2D eigenvalue weighted by molar-refractivity contribution is 0.0270. The van der Waals surface area contributed by atoms with Crippen molar-refractivity contribution in [1.82, 2.24) is 19.4 Å². The van der Waals surface area contributed by atoms with Gasteiger partial charge in [0.2, 0.25) is 0 Å². The molecular formula is C23H26FN5O2. The smallest absolute Gasteiger partial charge is 0.410 e. The van der Waals surface area contributed by atoms with Gasteiger partial charge in [0.1, 0.15) is 11.4 Å². The third-order valence-corrected chi connectivity index (χ3v) is 5.06. The molecule has 0 atom stereocenters. The van der Waals surface area contributed by atoms with Gasteiger partial charge in [-0.05, 0) is 51.0 Å². The van der Waals surface area contributed by atoms with E-state index in [1.165, 1.54) is 6.07 Å². The summed E-state index contributed by atoms with van der Waals surface area (Å²) in [5.41, 5.74) is 8.66. The number of fused-ring (bicyclic) bond motifs is 1. The zero-order chi connectivity index (χ0) is 22.2. The molecule has 1 amide bonds. The predicted molar refractivity (Wildman–Crippen MR) is 118 cm³/mol. The van der Waals surface area contributed by atoms with Gasteiger partial charge in [-0.1, -0.05) is 6.08 Å². The predicted octanol–water partition coefficient (Wildman–Crippen LogP) is 4.23. The molecule has 0 saturated carbocycles. The Labute approximate surface area is 180 Å². The number of carbonyl (C=O) groups excluding carboxylic acids is 1. The van der Waals surface area contributed by atoms with Gasteiger partial charge in [0, 0.05) is 30.4 Å². The minimum absolute atomic E-state index is 0.308. The molecule has 0 bridgehead atoms. The van der Waals surface area contributed by atoms with Crippen LogP contribution in [0.4, 0.5) is 14.9 Å². The Hall–Kier alpha value is -3.42. The molecule has 1 aromatic carbocycles. The van der Waals surface area contributed by atoms with Crippen molar-refractivity contribution in [3.63, 3.8) is 0 Å². The fourth-order valence-corrected chi connectivity index (χ4v) is 3.62. The maximum Gasteiger partial charge on any atom is 0.410 e. The maximum atomic E-state index is 14.3. The summed E-state index contributed by atoms with van der Waals surface area (Å²) in [5.74, 6) is -0.355. The van der Waals surface area contributed by atoms with Crippen LogP contribution in [0, 0.1) is 5.82 Å². The Kier molecular flexibility index (Phi) is 5.39. The van der Waals surface area contributed by atoms with Crippen LogP contribution < -0.4 is 5.73 Å². The number of aromatic nitrogens is 3. The van der Waals surface area contributed by atoms with Crippen LogP contribution in [0.5, 0.6) is 0 Å². The molecule has 0 radical (unpaired) electrons. The molecule has 31 heavy (non-hydrogen) atoms. The Morgan fingerprint density at radius 1 is 1.26 bits per heavy atom. The topological polar surface area (TPSA) is 86.3 Å². The zero-order valence-corrected chi connectivity index (χ0v) is 17.9. The van der Waals surface area contributed by atoms with Crippen LogP contribution in [-0.4, -0.2) is 44.2 Å². The van der Waals surface area contributed by atoms with Crippen molar-refractivity contribution in [1.29, 1.82) is 0 Å². The molecule has 0 unspecified atom stereocenters. The van der Waals surface area contributed by atoms with E-state index in [1.807, 2.05) is 39.1 Å². The van der Waals surface area contributed by atoms with Gasteiger partial charge in [-0.2, -0.15) is 0 Å². The summed E-state index contributed by atoms with van der Waals surface area (Å²) in [6, 6.07) is 4.91. The van der Waals surface area contributed by atoms with Gasteiger partial charge in [-0.25, -0.2) is 9.18 Å². The fraction of sp³-hybridized carbons (Fsp3) is 0.348. The van der Waals surface area contributed by atoms with Gasteiger partial charge < -0.3 is 19.9 Å². The van der Waals surface area contributed by atoms with Crippen molar-refractivity contribution in [2.75, 3.05) is 18.8 Å². The molecule has 7 nitrogen and oxygen atoms in total. The normalized spacial score (nSPS) is 14.6. The first kappa shape index (κ1) is 20.8. The molecule has 1 aliphatic rings. The molecule has 2 N–H and O–H groups in total. The molecule has 4 rings (SSSR count).